The summed E-state index contributed by atoms with van der Waals surface area (Å²) in [6.07, 6.45) is 2.56. The molecule has 1 fully saturated rings. The molecule has 2 rings (SSSR count). The maximum absolute atomic E-state index is 11.0. The van der Waals surface area contributed by atoms with Crippen molar-refractivity contribution in [3.05, 3.63) is 17.1 Å². The number of aromatic nitrogens is 2. The quantitative estimate of drug-likeness (QED) is 0.777. The third kappa shape index (κ3) is 1.77. The summed E-state index contributed by atoms with van der Waals surface area (Å²) in [5, 5.41) is 9.04. The van der Waals surface area contributed by atoms with Gasteiger partial charge in [0.05, 0.1) is 0 Å². The predicted molar refractivity (Wildman–Crippen MR) is 54.8 cm³/mol. The van der Waals surface area contributed by atoms with Gasteiger partial charge in [0.15, 0.2) is 5.69 Å². The first kappa shape index (κ1) is 9.89. The smallest absolute Gasteiger partial charge is 0.355 e. The van der Waals surface area contributed by atoms with E-state index in [2.05, 4.69) is 9.97 Å². The van der Waals surface area contributed by atoms with Gasteiger partial charge in [-0.15, -0.1) is 0 Å². The van der Waals surface area contributed by atoms with Gasteiger partial charge in [0.2, 0.25) is 0 Å². The third-order valence-corrected chi connectivity index (χ3v) is 2.53. The molecule has 1 aromatic heterocycles. The molecule has 1 aliphatic rings. The van der Waals surface area contributed by atoms with Gasteiger partial charge in [-0.25, -0.2) is 14.8 Å². The maximum atomic E-state index is 11.0. The van der Waals surface area contributed by atoms with Gasteiger partial charge in [-0.05, 0) is 18.8 Å². The summed E-state index contributed by atoms with van der Waals surface area (Å²) in [7, 11) is 0. The fraction of sp³-hybridized carbons (Fsp3) is 0.500. The molecule has 3 N–H and O–H groups in total. The van der Waals surface area contributed by atoms with Gasteiger partial charge in [-0.1, -0.05) is 6.92 Å². The minimum atomic E-state index is -1.01. The van der Waals surface area contributed by atoms with Crippen molar-refractivity contribution in [3.63, 3.8) is 0 Å². The first-order chi connectivity index (χ1) is 7.13. The number of aromatic carboxylic acids is 1. The number of nitrogens with zero attached hydrogens (tertiary/aromatic N) is 2. The Morgan fingerprint density at radius 1 is 1.53 bits per heavy atom. The molecule has 5 heteroatoms. The molecule has 0 amide bonds. The number of nitrogens with two attached hydrogens (primary N) is 1. The molecule has 0 bridgehead atoms. The molecule has 0 atom stereocenters. The molecule has 1 heterocycles. The molecule has 0 unspecified atom stereocenters. The fourth-order valence-corrected chi connectivity index (χ4v) is 1.63. The summed E-state index contributed by atoms with van der Waals surface area (Å²) in [6.45, 7) is 1.87. The molecule has 1 saturated carbocycles. The van der Waals surface area contributed by atoms with Crippen LogP contribution in [0.15, 0.2) is 0 Å². The minimum Gasteiger partial charge on any atom is -0.476 e. The van der Waals surface area contributed by atoms with Crippen molar-refractivity contribution in [1.29, 1.82) is 0 Å². The maximum Gasteiger partial charge on any atom is 0.355 e. The summed E-state index contributed by atoms with van der Waals surface area (Å²) in [4.78, 5) is 19.1. The van der Waals surface area contributed by atoms with Crippen LogP contribution in [0, 0.1) is 0 Å². The number of nitrogen functional groups attached to an aromatic ring is 1. The van der Waals surface area contributed by atoms with E-state index < -0.39 is 5.97 Å². The van der Waals surface area contributed by atoms with Crippen molar-refractivity contribution in [2.24, 2.45) is 0 Å². The van der Waals surface area contributed by atoms with Crippen LogP contribution in [0.1, 0.15) is 47.6 Å². The van der Waals surface area contributed by atoms with E-state index in [4.69, 9.17) is 10.8 Å². The third-order valence-electron chi connectivity index (χ3n) is 2.53. The molecule has 15 heavy (non-hydrogen) atoms. The lowest BCUT2D eigenvalue weighted by Crippen LogP contribution is -2.12. The number of anilines is 1. The largest absolute Gasteiger partial charge is 0.476 e. The molecule has 0 aliphatic heterocycles. The molecular weight excluding hydrogens is 194 g/mol. The van der Waals surface area contributed by atoms with E-state index in [1.165, 1.54) is 0 Å². The Morgan fingerprint density at radius 3 is 2.67 bits per heavy atom. The fourth-order valence-electron chi connectivity index (χ4n) is 1.63. The predicted octanol–water partition coefficient (Wildman–Crippen LogP) is 1.20. The van der Waals surface area contributed by atoms with E-state index >= 15 is 0 Å². The van der Waals surface area contributed by atoms with Gasteiger partial charge < -0.3 is 10.8 Å². The lowest BCUT2D eigenvalue weighted by atomic mass is 10.1. The molecule has 1 aliphatic carbocycles. The van der Waals surface area contributed by atoms with E-state index in [1.54, 1.807) is 0 Å². The highest BCUT2D eigenvalue weighted by molar-refractivity contribution is 5.89. The zero-order valence-corrected chi connectivity index (χ0v) is 8.53. The standard InChI is InChI=1S/C10H13N3O2/c1-2-6-12-8(10(14)15)7(5-3-4-5)9(11)13-6/h5H,2-4H2,1H3,(H,14,15)(H2,11,12,13). The van der Waals surface area contributed by atoms with Crippen LogP contribution in [-0.4, -0.2) is 21.0 Å². The Bertz CT molecular complexity index is 413. The second-order valence-electron chi connectivity index (χ2n) is 3.72. The highest BCUT2D eigenvalue weighted by Crippen LogP contribution is 2.43. The summed E-state index contributed by atoms with van der Waals surface area (Å²) in [5.74, 6) is 0.0683. The summed E-state index contributed by atoms with van der Waals surface area (Å²) < 4.78 is 0. The van der Waals surface area contributed by atoms with Crippen LogP contribution in [0.5, 0.6) is 0 Å². The Labute approximate surface area is 87.4 Å². The summed E-state index contributed by atoms with van der Waals surface area (Å²) in [6, 6.07) is 0. The van der Waals surface area contributed by atoms with Gasteiger partial charge in [0, 0.05) is 12.0 Å². The van der Waals surface area contributed by atoms with Crippen molar-refractivity contribution in [1.82, 2.24) is 9.97 Å². The van der Waals surface area contributed by atoms with E-state index in [0.29, 0.717) is 23.6 Å². The lowest BCUT2D eigenvalue weighted by molar-refractivity contribution is 0.0688. The number of carboxylic acids is 1. The Hall–Kier alpha value is -1.65. The lowest BCUT2D eigenvalue weighted by Gasteiger charge is -2.08. The number of hydrogen-bond acceptors (Lipinski definition) is 4. The number of rotatable bonds is 3. The van der Waals surface area contributed by atoms with Crippen molar-refractivity contribution in [2.45, 2.75) is 32.1 Å². The molecule has 5 nitrogen and oxygen atoms in total. The topological polar surface area (TPSA) is 89.1 Å². The zero-order valence-electron chi connectivity index (χ0n) is 8.53. The number of aryl methyl sites for hydroxylation is 1. The Balaban J connectivity index is 2.55. The van der Waals surface area contributed by atoms with Gasteiger partial charge in [0.1, 0.15) is 11.6 Å². The van der Waals surface area contributed by atoms with Crippen molar-refractivity contribution < 1.29 is 9.90 Å². The van der Waals surface area contributed by atoms with Crippen LogP contribution in [0.2, 0.25) is 0 Å². The van der Waals surface area contributed by atoms with Gasteiger partial charge in [-0.2, -0.15) is 0 Å². The summed E-state index contributed by atoms with van der Waals surface area (Å²) in [5.41, 5.74) is 6.47. The zero-order chi connectivity index (χ0) is 11.0. The first-order valence-corrected chi connectivity index (χ1v) is 5.03. The number of hydrogen-bond donors (Lipinski definition) is 2. The van der Waals surface area contributed by atoms with Crippen LogP contribution < -0.4 is 5.73 Å². The van der Waals surface area contributed by atoms with Crippen LogP contribution in [0.3, 0.4) is 0 Å². The van der Waals surface area contributed by atoms with Crippen molar-refractivity contribution >= 4 is 11.8 Å². The molecule has 80 valence electrons. The van der Waals surface area contributed by atoms with Gasteiger partial charge in [-0.3, -0.25) is 0 Å². The molecule has 0 aromatic carbocycles. The van der Waals surface area contributed by atoms with E-state index in [0.717, 1.165) is 12.8 Å². The summed E-state index contributed by atoms with van der Waals surface area (Å²) >= 11 is 0. The van der Waals surface area contributed by atoms with E-state index in [-0.39, 0.29) is 11.6 Å². The molecular formula is C10H13N3O2. The van der Waals surface area contributed by atoms with Crippen molar-refractivity contribution in [3.8, 4) is 0 Å². The molecule has 0 spiro atoms. The second-order valence-corrected chi connectivity index (χ2v) is 3.72. The molecule has 0 radical (unpaired) electrons. The van der Waals surface area contributed by atoms with E-state index in [9.17, 15) is 4.79 Å². The second kappa shape index (κ2) is 3.49. The SMILES string of the molecule is CCc1nc(N)c(C2CC2)c(C(=O)O)n1. The van der Waals surface area contributed by atoms with Crippen LogP contribution in [0.4, 0.5) is 5.82 Å². The Kier molecular flexibility index (Phi) is 2.30. The first-order valence-electron chi connectivity index (χ1n) is 5.03. The van der Waals surface area contributed by atoms with Gasteiger partial charge >= 0.3 is 5.97 Å². The Morgan fingerprint density at radius 2 is 2.20 bits per heavy atom. The van der Waals surface area contributed by atoms with Crippen LogP contribution >= 0.6 is 0 Å². The monoisotopic (exact) mass is 207 g/mol. The molecule has 0 saturated heterocycles. The number of carbonyl (C=O) groups is 1. The van der Waals surface area contributed by atoms with Crippen LogP contribution in [-0.2, 0) is 6.42 Å². The number of carboxylic acid groups (broad SMARTS) is 1. The molecule has 1 aromatic rings. The van der Waals surface area contributed by atoms with E-state index in [1.807, 2.05) is 6.92 Å². The average molecular weight is 207 g/mol. The average Bonchev–Trinajstić information content (AvgIpc) is 2.99. The van der Waals surface area contributed by atoms with Gasteiger partial charge in [0.25, 0.3) is 0 Å². The normalized spacial score (nSPS) is 15.3. The highest BCUT2D eigenvalue weighted by atomic mass is 16.4. The minimum absolute atomic E-state index is 0.0850. The van der Waals surface area contributed by atoms with Crippen molar-refractivity contribution in [2.75, 3.05) is 5.73 Å². The van der Waals surface area contributed by atoms with Crippen LogP contribution in [0.25, 0.3) is 0 Å². The highest BCUT2D eigenvalue weighted by Gasteiger charge is 2.32.